The van der Waals surface area contributed by atoms with E-state index in [0.29, 0.717) is 6.04 Å². The van der Waals surface area contributed by atoms with Gasteiger partial charge in [-0.15, -0.1) is 0 Å². The second-order valence-electron chi connectivity index (χ2n) is 3.70. The van der Waals surface area contributed by atoms with Crippen LogP contribution < -0.4 is 5.32 Å². The highest BCUT2D eigenvalue weighted by Gasteiger charge is 2.13. The van der Waals surface area contributed by atoms with Crippen molar-refractivity contribution < 1.29 is 0 Å². The molecule has 1 atom stereocenters. The van der Waals surface area contributed by atoms with E-state index in [1.165, 1.54) is 29.7 Å². The zero-order chi connectivity index (χ0) is 9.26. The maximum atomic E-state index is 3.77. The number of fused-ring (bicyclic) bond motifs is 1. The van der Waals surface area contributed by atoms with E-state index >= 15 is 0 Å². The van der Waals surface area contributed by atoms with Crippen LogP contribution in [0.1, 0.15) is 24.5 Å². The molecular formula is C12H15N. The summed E-state index contributed by atoms with van der Waals surface area (Å²) in [5.41, 5.74) is 3.92. The molecule has 0 aromatic heterocycles. The van der Waals surface area contributed by atoms with E-state index in [4.69, 9.17) is 0 Å². The number of benzene rings is 1. The molecule has 1 aromatic rings. The summed E-state index contributed by atoms with van der Waals surface area (Å²) in [4.78, 5) is 0. The first-order valence-electron chi connectivity index (χ1n) is 4.81. The van der Waals surface area contributed by atoms with Gasteiger partial charge in [0.2, 0.25) is 0 Å². The molecule has 1 nitrogen and oxygen atoms in total. The minimum Gasteiger partial charge on any atom is -0.382 e. The van der Waals surface area contributed by atoms with Crippen LogP contribution in [0.15, 0.2) is 24.8 Å². The third kappa shape index (κ3) is 1.59. The molecule has 1 aliphatic heterocycles. The van der Waals surface area contributed by atoms with Crippen LogP contribution in [-0.4, -0.2) is 6.04 Å². The Labute approximate surface area is 79.5 Å². The highest BCUT2D eigenvalue weighted by atomic mass is 14.9. The average molecular weight is 173 g/mol. The summed E-state index contributed by atoms with van der Waals surface area (Å²) in [6, 6.07) is 7.11. The van der Waals surface area contributed by atoms with E-state index in [1.807, 2.05) is 6.08 Å². The molecule has 0 fully saturated rings. The van der Waals surface area contributed by atoms with Gasteiger partial charge in [0.15, 0.2) is 0 Å². The Hall–Kier alpha value is -1.24. The van der Waals surface area contributed by atoms with Crippen LogP contribution in [-0.2, 0) is 6.42 Å². The molecule has 0 aliphatic carbocycles. The van der Waals surface area contributed by atoms with E-state index < -0.39 is 0 Å². The van der Waals surface area contributed by atoms with Gasteiger partial charge in [-0.3, -0.25) is 0 Å². The molecule has 0 radical (unpaired) electrons. The largest absolute Gasteiger partial charge is 0.382 e. The van der Waals surface area contributed by atoms with E-state index in [2.05, 4.69) is 37.0 Å². The Morgan fingerprint density at radius 3 is 3.15 bits per heavy atom. The molecule has 0 unspecified atom stereocenters. The standard InChI is InChI=1S/C12H15N/c1-3-10-5-7-11-6-4-9(2)13-12(11)8-10/h3,5,7-9,13H,1,4,6H2,2H3/t9-/m0/s1. The molecule has 1 N–H and O–H groups in total. The minimum absolute atomic E-state index is 0.604. The average Bonchev–Trinajstić information content (AvgIpc) is 2.16. The van der Waals surface area contributed by atoms with Crippen molar-refractivity contribution in [2.24, 2.45) is 0 Å². The van der Waals surface area contributed by atoms with Crippen LogP contribution >= 0.6 is 0 Å². The first-order chi connectivity index (χ1) is 6.29. The van der Waals surface area contributed by atoms with Crippen LogP contribution in [0.4, 0.5) is 5.69 Å². The quantitative estimate of drug-likeness (QED) is 0.688. The van der Waals surface area contributed by atoms with Gasteiger partial charge in [-0.2, -0.15) is 0 Å². The Bertz CT molecular complexity index is 328. The Kier molecular flexibility index (Phi) is 2.09. The SMILES string of the molecule is C=Cc1ccc2c(c1)N[C@@H](C)CC2. The van der Waals surface area contributed by atoms with Gasteiger partial charge < -0.3 is 5.32 Å². The highest BCUT2D eigenvalue weighted by Crippen LogP contribution is 2.25. The van der Waals surface area contributed by atoms with Crippen molar-refractivity contribution in [1.82, 2.24) is 0 Å². The second kappa shape index (κ2) is 3.25. The monoisotopic (exact) mass is 173 g/mol. The minimum atomic E-state index is 0.604. The summed E-state index contributed by atoms with van der Waals surface area (Å²) in [6.07, 6.45) is 4.32. The van der Waals surface area contributed by atoms with Crippen LogP contribution in [0.2, 0.25) is 0 Å². The fourth-order valence-electron chi connectivity index (χ4n) is 1.78. The maximum absolute atomic E-state index is 3.77. The molecule has 0 spiro atoms. The summed E-state index contributed by atoms with van der Waals surface area (Å²) in [5, 5.41) is 3.49. The van der Waals surface area contributed by atoms with E-state index in [9.17, 15) is 0 Å². The van der Waals surface area contributed by atoms with Crippen molar-refractivity contribution >= 4 is 11.8 Å². The Morgan fingerprint density at radius 1 is 1.54 bits per heavy atom. The smallest absolute Gasteiger partial charge is 0.0380 e. The van der Waals surface area contributed by atoms with Crippen molar-refractivity contribution in [3.8, 4) is 0 Å². The van der Waals surface area contributed by atoms with Gasteiger partial charge in [-0.25, -0.2) is 0 Å². The second-order valence-corrected chi connectivity index (χ2v) is 3.70. The van der Waals surface area contributed by atoms with Crippen molar-refractivity contribution in [2.45, 2.75) is 25.8 Å². The molecule has 0 saturated heterocycles. The molecular weight excluding hydrogens is 158 g/mol. The molecule has 0 amide bonds. The zero-order valence-corrected chi connectivity index (χ0v) is 8.01. The van der Waals surface area contributed by atoms with Gasteiger partial charge in [0.25, 0.3) is 0 Å². The van der Waals surface area contributed by atoms with Gasteiger partial charge in [-0.05, 0) is 37.0 Å². The number of nitrogens with one attached hydrogen (secondary N) is 1. The number of hydrogen-bond acceptors (Lipinski definition) is 1. The van der Waals surface area contributed by atoms with Crippen molar-refractivity contribution in [3.63, 3.8) is 0 Å². The van der Waals surface area contributed by atoms with Crippen LogP contribution in [0.3, 0.4) is 0 Å². The highest BCUT2D eigenvalue weighted by molar-refractivity contribution is 5.61. The van der Waals surface area contributed by atoms with Gasteiger partial charge >= 0.3 is 0 Å². The van der Waals surface area contributed by atoms with E-state index in [1.54, 1.807) is 0 Å². The van der Waals surface area contributed by atoms with Crippen LogP contribution in [0.25, 0.3) is 6.08 Å². The summed E-state index contributed by atoms with van der Waals surface area (Å²) >= 11 is 0. The van der Waals surface area contributed by atoms with Crippen LogP contribution in [0, 0.1) is 0 Å². The Morgan fingerprint density at radius 2 is 2.38 bits per heavy atom. The van der Waals surface area contributed by atoms with Crippen LogP contribution in [0.5, 0.6) is 0 Å². The summed E-state index contributed by atoms with van der Waals surface area (Å²) in [5.74, 6) is 0. The third-order valence-electron chi connectivity index (χ3n) is 2.62. The number of hydrogen-bond donors (Lipinski definition) is 1. The maximum Gasteiger partial charge on any atom is 0.0380 e. The molecule has 1 heterocycles. The molecule has 1 heteroatoms. The molecule has 68 valence electrons. The van der Waals surface area contributed by atoms with Gasteiger partial charge in [0.1, 0.15) is 0 Å². The fraction of sp³-hybridized carbons (Fsp3) is 0.333. The lowest BCUT2D eigenvalue weighted by molar-refractivity contribution is 0.681. The Balaban J connectivity index is 2.38. The molecule has 0 saturated carbocycles. The van der Waals surface area contributed by atoms with Gasteiger partial charge in [0, 0.05) is 11.7 Å². The first-order valence-corrected chi connectivity index (χ1v) is 4.81. The number of rotatable bonds is 1. The topological polar surface area (TPSA) is 12.0 Å². The van der Waals surface area contributed by atoms with E-state index in [0.717, 1.165) is 0 Å². The third-order valence-corrected chi connectivity index (χ3v) is 2.62. The van der Waals surface area contributed by atoms with Gasteiger partial charge in [0.05, 0.1) is 0 Å². The van der Waals surface area contributed by atoms with Crippen molar-refractivity contribution in [1.29, 1.82) is 0 Å². The van der Waals surface area contributed by atoms with Gasteiger partial charge in [-0.1, -0.05) is 24.8 Å². The predicted octanol–water partition coefficient (Wildman–Crippen LogP) is 3.08. The number of anilines is 1. The first kappa shape index (κ1) is 8.36. The lowest BCUT2D eigenvalue weighted by Crippen LogP contribution is -2.21. The zero-order valence-electron chi connectivity index (χ0n) is 8.01. The summed E-state index contributed by atoms with van der Waals surface area (Å²) in [7, 11) is 0. The molecule has 1 aliphatic rings. The lowest BCUT2D eigenvalue weighted by atomic mass is 9.97. The van der Waals surface area contributed by atoms with Crippen molar-refractivity contribution in [2.75, 3.05) is 5.32 Å². The molecule has 13 heavy (non-hydrogen) atoms. The summed E-state index contributed by atoms with van der Waals surface area (Å²) < 4.78 is 0. The normalized spacial score (nSPS) is 20.2. The van der Waals surface area contributed by atoms with Crippen molar-refractivity contribution in [3.05, 3.63) is 35.9 Å². The predicted molar refractivity (Wildman–Crippen MR) is 57.9 cm³/mol. The number of aryl methyl sites for hydroxylation is 1. The molecule has 0 bridgehead atoms. The lowest BCUT2D eigenvalue weighted by Gasteiger charge is -2.24. The molecule has 1 aromatic carbocycles. The fourth-order valence-corrected chi connectivity index (χ4v) is 1.78. The summed E-state index contributed by atoms with van der Waals surface area (Å²) in [6.45, 7) is 6.00. The molecule has 2 rings (SSSR count). The van der Waals surface area contributed by atoms with E-state index in [-0.39, 0.29) is 0 Å².